The van der Waals surface area contributed by atoms with Crippen LogP contribution in [0.15, 0.2) is 31.0 Å². The number of ether oxygens (including phenoxy) is 1. The molecule has 1 unspecified atom stereocenters. The van der Waals surface area contributed by atoms with Crippen molar-refractivity contribution >= 4 is 17.3 Å². The number of hydrogen-bond acceptors (Lipinski definition) is 9. The van der Waals surface area contributed by atoms with Gasteiger partial charge in [0.05, 0.1) is 18.1 Å². The quantitative estimate of drug-likeness (QED) is 0.538. The second-order valence-corrected chi connectivity index (χ2v) is 6.98. The molecule has 1 spiro atoms. The summed E-state index contributed by atoms with van der Waals surface area (Å²) in [4.78, 5) is 10.9. The van der Waals surface area contributed by atoms with Crippen molar-refractivity contribution in [3.63, 3.8) is 0 Å². The van der Waals surface area contributed by atoms with E-state index in [1.165, 1.54) is 17.2 Å². The van der Waals surface area contributed by atoms with Gasteiger partial charge < -0.3 is 14.7 Å². The topological polar surface area (TPSA) is 107 Å². The summed E-state index contributed by atoms with van der Waals surface area (Å²) in [6, 6.07) is 1.90. The molecular weight excluding hydrogens is 359 g/mol. The van der Waals surface area contributed by atoms with E-state index in [9.17, 15) is 5.11 Å². The second-order valence-electron chi connectivity index (χ2n) is 6.98. The average Bonchev–Trinajstić information content (AvgIpc) is 3.30. The molecule has 0 aromatic carbocycles. The molecule has 1 atom stereocenters. The molecule has 0 bridgehead atoms. The van der Waals surface area contributed by atoms with Crippen LogP contribution >= 0.6 is 0 Å². The van der Waals surface area contributed by atoms with Crippen LogP contribution in [0, 0.1) is 5.41 Å². The van der Waals surface area contributed by atoms with Gasteiger partial charge in [-0.25, -0.2) is 20.1 Å². The summed E-state index contributed by atoms with van der Waals surface area (Å²) in [5, 5.41) is 21.5. The van der Waals surface area contributed by atoms with E-state index < -0.39 is 6.23 Å². The zero-order chi connectivity index (χ0) is 17.6. The maximum absolute atomic E-state index is 12.3. The number of nitrogens with zero attached hydrogens (tertiary/aromatic N) is 7. The van der Waals surface area contributed by atoms with Crippen LogP contribution in [0.2, 0.25) is 0 Å². The first kappa shape index (κ1) is 18.8. The fourth-order valence-electron chi connectivity index (χ4n) is 3.78. The Morgan fingerprint density at radius 2 is 1.96 bits per heavy atom. The van der Waals surface area contributed by atoms with E-state index in [0.717, 1.165) is 45.0 Å². The third-order valence-electron chi connectivity index (χ3n) is 5.29. The number of rotatable bonds is 3. The standard InChI is InChI=1S/C16H19N8O2.Na/c25-15-12(23-4-3-19-21-23)8-24(20-15)14-7-13(17-11-18-14)22-9-16(10-22)1-5-26-6-2-16;/h3-4,7-8,11,15,20H,1-2,5-6,9-10H2;/q-1;+1. The Bertz CT molecular complexity index is 816. The second kappa shape index (κ2) is 7.46. The molecule has 2 fully saturated rings. The summed E-state index contributed by atoms with van der Waals surface area (Å²) < 4.78 is 6.93. The normalized spacial score (nSPS) is 23.7. The van der Waals surface area contributed by atoms with Gasteiger partial charge in [-0.05, 0) is 19.1 Å². The minimum absolute atomic E-state index is 0. The molecule has 0 aliphatic carbocycles. The van der Waals surface area contributed by atoms with Crippen molar-refractivity contribution in [2.45, 2.75) is 19.1 Å². The number of anilines is 2. The van der Waals surface area contributed by atoms with Gasteiger partial charge in [0.25, 0.3) is 0 Å². The van der Waals surface area contributed by atoms with Gasteiger partial charge in [-0.15, -0.1) is 5.10 Å². The molecule has 10 nitrogen and oxygen atoms in total. The van der Waals surface area contributed by atoms with Gasteiger partial charge in [0.1, 0.15) is 12.1 Å². The van der Waals surface area contributed by atoms with Gasteiger partial charge in [-0.1, -0.05) is 5.21 Å². The van der Waals surface area contributed by atoms with Gasteiger partial charge >= 0.3 is 29.6 Å². The maximum Gasteiger partial charge on any atom is 1.00 e. The Hall–Kier alpha value is -1.56. The first-order chi connectivity index (χ1) is 12.7. The van der Waals surface area contributed by atoms with Crippen LogP contribution in [0.5, 0.6) is 0 Å². The summed E-state index contributed by atoms with van der Waals surface area (Å²) >= 11 is 0. The Labute approximate surface area is 178 Å². The Morgan fingerprint density at radius 3 is 2.70 bits per heavy atom. The maximum atomic E-state index is 12.3. The molecule has 5 heterocycles. The zero-order valence-electron chi connectivity index (χ0n) is 15.2. The number of nitrogens with one attached hydrogen (secondary N) is 1. The van der Waals surface area contributed by atoms with Crippen LogP contribution in [0.25, 0.3) is 5.70 Å². The zero-order valence-corrected chi connectivity index (χ0v) is 17.2. The number of aromatic nitrogens is 5. The molecule has 0 saturated carbocycles. The Kier molecular flexibility index (Phi) is 5.19. The summed E-state index contributed by atoms with van der Waals surface area (Å²) in [7, 11) is 0. The molecule has 2 aromatic heterocycles. The van der Waals surface area contributed by atoms with Gasteiger partial charge in [-0.3, -0.25) is 5.01 Å². The van der Waals surface area contributed by atoms with Crippen LogP contribution in [0.4, 0.5) is 11.6 Å². The number of hydrogen-bond donors (Lipinski definition) is 1. The smallest absolute Gasteiger partial charge is 0.835 e. The van der Waals surface area contributed by atoms with Crippen LogP contribution in [-0.4, -0.2) is 57.5 Å². The Morgan fingerprint density at radius 1 is 1.19 bits per heavy atom. The van der Waals surface area contributed by atoms with Gasteiger partial charge in [-0.2, -0.15) is 0 Å². The van der Waals surface area contributed by atoms with Crippen LogP contribution in [-0.2, 0) is 4.74 Å². The van der Waals surface area contributed by atoms with E-state index in [4.69, 9.17) is 4.74 Å². The summed E-state index contributed by atoms with van der Waals surface area (Å²) in [5.41, 5.74) is 3.67. The molecule has 11 heteroatoms. The van der Waals surface area contributed by atoms with Crippen molar-refractivity contribution in [1.29, 1.82) is 0 Å². The molecule has 27 heavy (non-hydrogen) atoms. The fourth-order valence-corrected chi connectivity index (χ4v) is 3.78. The van der Waals surface area contributed by atoms with Gasteiger partial charge in [0.15, 0.2) is 5.82 Å². The summed E-state index contributed by atoms with van der Waals surface area (Å²) in [5.74, 6) is 1.50. The predicted molar refractivity (Wildman–Crippen MR) is 90.4 cm³/mol. The summed E-state index contributed by atoms with van der Waals surface area (Å²) in [6.07, 6.45) is 7.48. The van der Waals surface area contributed by atoms with Crippen molar-refractivity contribution in [2.24, 2.45) is 5.41 Å². The Balaban J connectivity index is 0.00000180. The van der Waals surface area contributed by atoms with Crippen molar-refractivity contribution in [3.05, 3.63) is 31.0 Å². The molecule has 2 saturated heterocycles. The van der Waals surface area contributed by atoms with Crippen LogP contribution in [0.1, 0.15) is 12.8 Å². The minimum Gasteiger partial charge on any atom is -0.835 e. The third-order valence-corrected chi connectivity index (χ3v) is 5.29. The van der Waals surface area contributed by atoms with E-state index in [1.807, 2.05) is 6.07 Å². The van der Waals surface area contributed by atoms with Crippen molar-refractivity contribution in [2.75, 3.05) is 36.2 Å². The van der Waals surface area contributed by atoms with Crippen LogP contribution in [0.3, 0.4) is 0 Å². The molecule has 5 rings (SSSR count). The van der Waals surface area contributed by atoms with Crippen molar-refractivity contribution < 1.29 is 39.4 Å². The monoisotopic (exact) mass is 378 g/mol. The molecule has 2 aromatic rings. The van der Waals surface area contributed by atoms with E-state index in [0.29, 0.717) is 16.9 Å². The molecular formula is C16H19N8NaO2. The first-order valence-corrected chi connectivity index (χ1v) is 8.67. The van der Waals surface area contributed by atoms with Crippen molar-refractivity contribution in [3.8, 4) is 0 Å². The molecule has 3 aliphatic heterocycles. The molecule has 0 radical (unpaired) electrons. The number of hydrazine groups is 1. The summed E-state index contributed by atoms with van der Waals surface area (Å²) in [6.45, 7) is 3.68. The predicted octanol–water partition coefficient (Wildman–Crippen LogP) is -3.80. The van der Waals surface area contributed by atoms with Crippen LogP contribution < -0.4 is 50.0 Å². The average molecular weight is 378 g/mol. The SMILES string of the molecule is [Na+].[O-]C1NN(c2cc(N3CC4(CCOCC4)C3)ncn2)C=C1n1ccnn1. The van der Waals surface area contributed by atoms with Crippen molar-refractivity contribution in [1.82, 2.24) is 30.4 Å². The molecule has 1 N–H and O–H groups in total. The van der Waals surface area contributed by atoms with Gasteiger partial charge in [0, 0.05) is 44.0 Å². The van der Waals surface area contributed by atoms with E-state index in [1.54, 1.807) is 17.4 Å². The third kappa shape index (κ3) is 3.48. The minimum atomic E-state index is -1.13. The van der Waals surface area contributed by atoms with Gasteiger partial charge in [0.2, 0.25) is 0 Å². The van der Waals surface area contributed by atoms with E-state index in [2.05, 4.69) is 30.6 Å². The van der Waals surface area contributed by atoms with E-state index >= 15 is 0 Å². The molecule has 136 valence electrons. The largest absolute Gasteiger partial charge is 1.00 e. The molecule has 3 aliphatic rings. The first-order valence-electron chi connectivity index (χ1n) is 8.67. The fraction of sp³-hybridized carbons (Fsp3) is 0.500. The molecule has 0 amide bonds. The van der Waals surface area contributed by atoms with E-state index in [-0.39, 0.29) is 29.6 Å².